The molecule has 0 bridgehead atoms. The van der Waals surface area contributed by atoms with E-state index >= 15 is 0 Å². The summed E-state index contributed by atoms with van der Waals surface area (Å²) in [6.45, 7) is 3.58. The molecule has 0 aromatic heterocycles. The molecule has 0 aliphatic rings. The standard InChI is InChI=1S/C11H15F2NO/c1-7(6-15)14-8(2)9-3-10(12)5-11(13)4-9/h3-5,7-8,14-15H,6H2,1-2H3/t7-,8+/m0/s1. The molecule has 0 saturated heterocycles. The van der Waals surface area contributed by atoms with Crippen LogP contribution in [0.5, 0.6) is 0 Å². The third-order valence-electron chi connectivity index (χ3n) is 2.19. The van der Waals surface area contributed by atoms with E-state index in [1.807, 2.05) is 0 Å². The number of halogens is 2. The summed E-state index contributed by atoms with van der Waals surface area (Å²) in [6, 6.07) is 3.10. The first-order valence-corrected chi connectivity index (χ1v) is 4.86. The molecule has 1 aromatic rings. The third kappa shape index (κ3) is 3.57. The van der Waals surface area contributed by atoms with Crippen LogP contribution in [0.1, 0.15) is 25.5 Å². The van der Waals surface area contributed by atoms with Gasteiger partial charge in [0.15, 0.2) is 0 Å². The first-order chi connectivity index (χ1) is 7.02. The van der Waals surface area contributed by atoms with Gasteiger partial charge in [0, 0.05) is 18.2 Å². The van der Waals surface area contributed by atoms with Crippen molar-refractivity contribution in [2.75, 3.05) is 6.61 Å². The quantitative estimate of drug-likeness (QED) is 0.805. The second kappa shape index (κ2) is 5.19. The van der Waals surface area contributed by atoms with Gasteiger partial charge in [0.1, 0.15) is 11.6 Å². The van der Waals surface area contributed by atoms with Crippen LogP contribution in [0.4, 0.5) is 8.78 Å². The Kier molecular flexibility index (Phi) is 4.17. The van der Waals surface area contributed by atoms with Gasteiger partial charge in [-0.05, 0) is 31.5 Å². The lowest BCUT2D eigenvalue weighted by Gasteiger charge is -2.18. The fraction of sp³-hybridized carbons (Fsp3) is 0.455. The molecule has 2 atom stereocenters. The summed E-state index contributed by atoms with van der Waals surface area (Å²) in [6.07, 6.45) is 0. The first-order valence-electron chi connectivity index (χ1n) is 4.86. The minimum atomic E-state index is -0.588. The third-order valence-corrected chi connectivity index (χ3v) is 2.19. The highest BCUT2D eigenvalue weighted by Gasteiger charge is 2.10. The van der Waals surface area contributed by atoms with Gasteiger partial charge >= 0.3 is 0 Å². The number of nitrogens with one attached hydrogen (secondary N) is 1. The maximum absolute atomic E-state index is 12.9. The minimum absolute atomic E-state index is 0.0118. The molecule has 0 radical (unpaired) electrons. The molecule has 2 nitrogen and oxygen atoms in total. The summed E-state index contributed by atoms with van der Waals surface area (Å²) in [5.41, 5.74) is 0.535. The Morgan fingerprint density at radius 1 is 1.20 bits per heavy atom. The molecular formula is C11H15F2NO. The maximum atomic E-state index is 12.9. The Labute approximate surface area is 87.9 Å². The topological polar surface area (TPSA) is 32.3 Å². The van der Waals surface area contributed by atoms with Crippen molar-refractivity contribution in [3.63, 3.8) is 0 Å². The Balaban J connectivity index is 2.77. The van der Waals surface area contributed by atoms with Crippen molar-refractivity contribution in [3.05, 3.63) is 35.4 Å². The van der Waals surface area contributed by atoms with Crippen LogP contribution in [0.15, 0.2) is 18.2 Å². The number of rotatable bonds is 4. The molecule has 0 fully saturated rings. The smallest absolute Gasteiger partial charge is 0.126 e. The van der Waals surface area contributed by atoms with Gasteiger partial charge in [-0.1, -0.05) is 0 Å². The second-order valence-corrected chi connectivity index (χ2v) is 3.67. The Bertz CT molecular complexity index is 310. The van der Waals surface area contributed by atoms with E-state index in [-0.39, 0.29) is 18.7 Å². The normalized spacial score (nSPS) is 15.0. The first kappa shape index (κ1) is 12.1. The predicted molar refractivity (Wildman–Crippen MR) is 54.5 cm³/mol. The van der Waals surface area contributed by atoms with Crippen molar-refractivity contribution < 1.29 is 13.9 Å². The van der Waals surface area contributed by atoms with Gasteiger partial charge in [0.25, 0.3) is 0 Å². The molecule has 0 amide bonds. The average Bonchev–Trinajstić information content (AvgIpc) is 2.16. The molecule has 0 aliphatic heterocycles. The molecule has 2 N–H and O–H groups in total. The van der Waals surface area contributed by atoms with Crippen LogP contribution in [0.3, 0.4) is 0 Å². The van der Waals surface area contributed by atoms with Crippen molar-refractivity contribution in [2.45, 2.75) is 25.9 Å². The summed E-state index contributed by atoms with van der Waals surface area (Å²) >= 11 is 0. The van der Waals surface area contributed by atoms with Crippen molar-refractivity contribution in [1.29, 1.82) is 0 Å². The van der Waals surface area contributed by atoms with E-state index in [0.717, 1.165) is 6.07 Å². The van der Waals surface area contributed by atoms with Crippen LogP contribution >= 0.6 is 0 Å². The SMILES string of the molecule is C[C@@H](CO)N[C@H](C)c1cc(F)cc(F)c1. The van der Waals surface area contributed by atoms with Crippen LogP contribution in [0.2, 0.25) is 0 Å². The zero-order valence-corrected chi connectivity index (χ0v) is 8.80. The van der Waals surface area contributed by atoms with Crippen LogP contribution in [-0.4, -0.2) is 17.8 Å². The van der Waals surface area contributed by atoms with E-state index in [1.165, 1.54) is 12.1 Å². The lowest BCUT2D eigenvalue weighted by atomic mass is 10.1. The van der Waals surface area contributed by atoms with E-state index in [1.54, 1.807) is 13.8 Å². The van der Waals surface area contributed by atoms with Gasteiger partial charge in [-0.25, -0.2) is 8.78 Å². The van der Waals surface area contributed by atoms with Gasteiger partial charge < -0.3 is 10.4 Å². The highest BCUT2D eigenvalue weighted by atomic mass is 19.1. The summed E-state index contributed by atoms with van der Waals surface area (Å²) < 4.78 is 25.8. The summed E-state index contributed by atoms with van der Waals surface area (Å²) in [5, 5.41) is 11.8. The zero-order valence-electron chi connectivity index (χ0n) is 8.80. The van der Waals surface area contributed by atoms with Crippen LogP contribution in [0.25, 0.3) is 0 Å². The lowest BCUT2D eigenvalue weighted by Crippen LogP contribution is -2.31. The number of benzene rings is 1. The molecule has 4 heteroatoms. The number of aliphatic hydroxyl groups excluding tert-OH is 1. The number of aliphatic hydroxyl groups is 1. The minimum Gasteiger partial charge on any atom is -0.395 e. The van der Waals surface area contributed by atoms with Crippen LogP contribution in [-0.2, 0) is 0 Å². The molecular weight excluding hydrogens is 200 g/mol. The molecule has 0 heterocycles. The monoisotopic (exact) mass is 215 g/mol. The molecule has 1 aromatic carbocycles. The molecule has 1 rings (SSSR count). The van der Waals surface area contributed by atoms with Gasteiger partial charge in [0.05, 0.1) is 6.61 Å². The zero-order chi connectivity index (χ0) is 11.4. The van der Waals surface area contributed by atoms with Gasteiger partial charge in [0.2, 0.25) is 0 Å². The Morgan fingerprint density at radius 3 is 2.20 bits per heavy atom. The Hall–Kier alpha value is -1.00. The maximum Gasteiger partial charge on any atom is 0.126 e. The predicted octanol–water partition coefficient (Wildman–Crippen LogP) is 2.00. The molecule has 84 valence electrons. The van der Waals surface area contributed by atoms with E-state index in [9.17, 15) is 8.78 Å². The largest absolute Gasteiger partial charge is 0.395 e. The average molecular weight is 215 g/mol. The fourth-order valence-corrected chi connectivity index (χ4v) is 1.40. The van der Waals surface area contributed by atoms with E-state index in [4.69, 9.17) is 5.11 Å². The van der Waals surface area contributed by atoms with E-state index < -0.39 is 11.6 Å². The molecule has 0 saturated carbocycles. The lowest BCUT2D eigenvalue weighted by molar-refractivity contribution is 0.243. The van der Waals surface area contributed by atoms with Crippen LogP contribution < -0.4 is 5.32 Å². The summed E-state index contributed by atoms with van der Waals surface area (Å²) in [7, 11) is 0. The highest BCUT2D eigenvalue weighted by Crippen LogP contribution is 2.16. The molecule has 0 unspecified atom stereocenters. The van der Waals surface area contributed by atoms with Crippen molar-refractivity contribution in [1.82, 2.24) is 5.32 Å². The van der Waals surface area contributed by atoms with E-state index in [2.05, 4.69) is 5.32 Å². The number of hydrogen-bond acceptors (Lipinski definition) is 2. The van der Waals surface area contributed by atoms with Gasteiger partial charge in [-0.2, -0.15) is 0 Å². The number of hydrogen-bond donors (Lipinski definition) is 2. The van der Waals surface area contributed by atoms with Crippen molar-refractivity contribution >= 4 is 0 Å². The molecule has 15 heavy (non-hydrogen) atoms. The highest BCUT2D eigenvalue weighted by molar-refractivity contribution is 5.20. The van der Waals surface area contributed by atoms with Gasteiger partial charge in [-0.3, -0.25) is 0 Å². The Morgan fingerprint density at radius 2 is 1.73 bits per heavy atom. The molecule has 0 spiro atoms. The molecule has 0 aliphatic carbocycles. The van der Waals surface area contributed by atoms with Gasteiger partial charge in [-0.15, -0.1) is 0 Å². The fourth-order valence-electron chi connectivity index (χ4n) is 1.40. The summed E-state index contributed by atoms with van der Waals surface area (Å²) in [5.74, 6) is -1.18. The van der Waals surface area contributed by atoms with Crippen molar-refractivity contribution in [3.8, 4) is 0 Å². The summed E-state index contributed by atoms with van der Waals surface area (Å²) in [4.78, 5) is 0. The second-order valence-electron chi connectivity index (χ2n) is 3.67. The van der Waals surface area contributed by atoms with E-state index in [0.29, 0.717) is 5.56 Å². The van der Waals surface area contributed by atoms with Crippen LogP contribution in [0, 0.1) is 11.6 Å². The van der Waals surface area contributed by atoms with Crippen molar-refractivity contribution in [2.24, 2.45) is 0 Å².